The van der Waals surface area contributed by atoms with Crippen molar-refractivity contribution in [2.75, 3.05) is 12.4 Å². The minimum Gasteiger partial charge on any atom is -0.384 e. The maximum atomic E-state index is 12.7. The zero-order valence-corrected chi connectivity index (χ0v) is 15.0. The van der Waals surface area contributed by atoms with Crippen molar-refractivity contribution in [3.63, 3.8) is 0 Å². The van der Waals surface area contributed by atoms with Crippen LogP contribution in [0.3, 0.4) is 0 Å². The summed E-state index contributed by atoms with van der Waals surface area (Å²) in [5.74, 6) is -0.965. The Labute approximate surface area is 151 Å². The van der Waals surface area contributed by atoms with E-state index in [1.807, 2.05) is 6.07 Å². The molecule has 1 aliphatic heterocycles. The summed E-state index contributed by atoms with van der Waals surface area (Å²) >= 11 is 0. The molecule has 0 saturated heterocycles. The number of anilines is 1. The number of allylic oxidation sites excluding steroid dienone is 1. The Bertz CT molecular complexity index is 797. The molecule has 1 aromatic rings. The van der Waals surface area contributed by atoms with E-state index in [4.69, 9.17) is 5.73 Å². The first-order valence-electron chi connectivity index (χ1n) is 8.53. The van der Waals surface area contributed by atoms with Crippen LogP contribution < -0.4 is 21.9 Å². The van der Waals surface area contributed by atoms with Crippen LogP contribution in [0.5, 0.6) is 0 Å². The number of aromatic nitrogens is 1. The molecular weight excluding hydrogens is 336 g/mol. The molecular formula is C18H24N4O4. The van der Waals surface area contributed by atoms with E-state index in [1.54, 1.807) is 19.2 Å². The number of aryl methyl sites for hydroxylation is 1. The molecule has 0 aliphatic carbocycles. The lowest BCUT2D eigenvalue weighted by Gasteiger charge is -2.20. The number of hydrogen-bond donors (Lipinski definition) is 3. The number of carbonyl (C=O) groups excluding carboxylic acids is 3. The van der Waals surface area contributed by atoms with E-state index in [9.17, 15) is 19.2 Å². The highest BCUT2D eigenvalue weighted by molar-refractivity contribution is 5.87. The second kappa shape index (κ2) is 8.46. The lowest BCUT2D eigenvalue weighted by Crippen LogP contribution is -2.41. The second-order valence-corrected chi connectivity index (χ2v) is 6.31. The number of amides is 2. The predicted octanol–water partition coefficient (Wildman–Crippen LogP) is 0.273. The third-order valence-corrected chi connectivity index (χ3v) is 4.35. The Hall–Kier alpha value is -2.90. The van der Waals surface area contributed by atoms with Gasteiger partial charge in [-0.1, -0.05) is 6.08 Å². The number of nitrogens with two attached hydrogens (primary N) is 1. The Morgan fingerprint density at radius 2 is 2.12 bits per heavy atom. The summed E-state index contributed by atoms with van der Waals surface area (Å²) in [6.07, 6.45) is 4.42. The van der Waals surface area contributed by atoms with Gasteiger partial charge in [0.05, 0.1) is 0 Å². The first-order chi connectivity index (χ1) is 12.3. The molecule has 0 unspecified atom stereocenters. The average molecular weight is 360 g/mol. The van der Waals surface area contributed by atoms with Crippen LogP contribution in [-0.4, -0.2) is 35.3 Å². The molecule has 1 aromatic heterocycles. The van der Waals surface area contributed by atoms with Gasteiger partial charge in [0, 0.05) is 25.2 Å². The molecule has 0 aromatic carbocycles. The van der Waals surface area contributed by atoms with Gasteiger partial charge in [0.15, 0.2) is 5.78 Å². The van der Waals surface area contributed by atoms with E-state index in [0.717, 1.165) is 5.69 Å². The van der Waals surface area contributed by atoms with E-state index >= 15 is 0 Å². The molecule has 0 fully saturated rings. The van der Waals surface area contributed by atoms with Gasteiger partial charge in [-0.25, -0.2) is 0 Å². The lowest BCUT2D eigenvalue weighted by atomic mass is 10.1. The van der Waals surface area contributed by atoms with Gasteiger partial charge >= 0.3 is 0 Å². The van der Waals surface area contributed by atoms with Crippen LogP contribution in [0, 0.1) is 0 Å². The van der Waals surface area contributed by atoms with Crippen molar-refractivity contribution in [3.8, 4) is 0 Å². The summed E-state index contributed by atoms with van der Waals surface area (Å²) < 4.78 is 1.50. The molecule has 2 atom stereocenters. The zero-order valence-electron chi connectivity index (χ0n) is 15.0. The van der Waals surface area contributed by atoms with Crippen LogP contribution in [0.1, 0.15) is 37.9 Å². The van der Waals surface area contributed by atoms with E-state index in [2.05, 4.69) is 10.6 Å². The number of hydrogen-bond acceptors (Lipinski definition) is 5. The second-order valence-electron chi connectivity index (χ2n) is 6.31. The van der Waals surface area contributed by atoms with Gasteiger partial charge in [-0.15, -0.1) is 0 Å². The minimum atomic E-state index is -0.618. The average Bonchev–Trinajstić information content (AvgIpc) is 3.02. The highest BCUT2D eigenvalue weighted by Crippen LogP contribution is 2.25. The van der Waals surface area contributed by atoms with Gasteiger partial charge in [0.1, 0.15) is 11.7 Å². The maximum absolute atomic E-state index is 12.7. The quantitative estimate of drug-likeness (QED) is 0.574. The highest BCUT2D eigenvalue weighted by atomic mass is 16.2. The first kappa shape index (κ1) is 19.4. The zero-order chi connectivity index (χ0) is 19.3. The largest absolute Gasteiger partial charge is 0.384 e. The first-order valence-corrected chi connectivity index (χ1v) is 8.53. The molecule has 0 bridgehead atoms. The fourth-order valence-corrected chi connectivity index (χ4v) is 3.03. The van der Waals surface area contributed by atoms with Crippen molar-refractivity contribution in [1.82, 2.24) is 9.88 Å². The van der Waals surface area contributed by atoms with E-state index in [-0.39, 0.29) is 30.1 Å². The van der Waals surface area contributed by atoms with Crippen LogP contribution in [0.4, 0.5) is 5.69 Å². The molecule has 0 radical (unpaired) electrons. The van der Waals surface area contributed by atoms with Crippen LogP contribution in [-0.2, 0) is 20.8 Å². The SMILES string of the molecule is CNc1ccc2n(c1=O)[C@H](C(=O)N[C@H](/C=C/C(C)=O)CCC(N)=O)CC2. The molecule has 0 saturated carbocycles. The van der Waals surface area contributed by atoms with Crippen LogP contribution in [0.25, 0.3) is 0 Å². The third kappa shape index (κ3) is 4.59. The predicted molar refractivity (Wildman–Crippen MR) is 97.8 cm³/mol. The van der Waals surface area contributed by atoms with Crippen molar-refractivity contribution < 1.29 is 14.4 Å². The number of primary amides is 1. The van der Waals surface area contributed by atoms with Crippen LogP contribution >= 0.6 is 0 Å². The van der Waals surface area contributed by atoms with E-state index in [1.165, 1.54) is 17.6 Å². The number of ketones is 1. The Morgan fingerprint density at radius 1 is 1.38 bits per heavy atom. The standard InChI is InChI=1S/C18H24N4O4/c1-11(23)3-4-12(5-10-16(19)24)21-17(25)15-9-7-13-6-8-14(20-2)18(26)22(13)15/h3-4,6,8,12,15,20H,5,7,9-10H2,1-2H3,(H2,19,24)(H,21,25)/b4-3+/t12-,15+/m1/s1. The van der Waals surface area contributed by atoms with Gasteiger partial charge < -0.3 is 16.4 Å². The molecule has 1 aliphatic rings. The fraction of sp³-hybridized carbons (Fsp3) is 0.444. The van der Waals surface area contributed by atoms with Gasteiger partial charge in [-0.3, -0.25) is 23.7 Å². The molecule has 4 N–H and O–H groups in total. The fourth-order valence-electron chi connectivity index (χ4n) is 3.03. The summed E-state index contributed by atoms with van der Waals surface area (Å²) in [7, 11) is 1.65. The molecule has 2 heterocycles. The molecule has 8 heteroatoms. The number of pyridine rings is 1. The molecule has 8 nitrogen and oxygen atoms in total. The smallest absolute Gasteiger partial charge is 0.274 e. The third-order valence-electron chi connectivity index (χ3n) is 4.35. The van der Waals surface area contributed by atoms with E-state index in [0.29, 0.717) is 18.5 Å². The number of carbonyl (C=O) groups is 3. The van der Waals surface area contributed by atoms with Crippen molar-refractivity contribution in [2.45, 2.75) is 44.7 Å². The summed E-state index contributed by atoms with van der Waals surface area (Å²) in [5, 5.41) is 5.64. The number of fused-ring (bicyclic) bond motifs is 1. The molecule has 0 spiro atoms. The topological polar surface area (TPSA) is 123 Å². The Kier molecular flexibility index (Phi) is 6.32. The summed E-state index contributed by atoms with van der Waals surface area (Å²) in [6.45, 7) is 1.40. The minimum absolute atomic E-state index is 0.0816. The van der Waals surface area contributed by atoms with Crippen LogP contribution in [0.15, 0.2) is 29.1 Å². The molecule has 140 valence electrons. The highest BCUT2D eigenvalue weighted by Gasteiger charge is 2.30. The monoisotopic (exact) mass is 360 g/mol. The number of nitrogens with one attached hydrogen (secondary N) is 2. The van der Waals surface area contributed by atoms with Crippen molar-refractivity contribution >= 4 is 23.3 Å². The summed E-state index contributed by atoms with van der Waals surface area (Å²) in [4.78, 5) is 47.4. The van der Waals surface area contributed by atoms with E-state index < -0.39 is 18.0 Å². The summed E-state index contributed by atoms with van der Waals surface area (Å²) in [6, 6.07) is 2.42. The van der Waals surface area contributed by atoms with Gasteiger partial charge in [-0.2, -0.15) is 0 Å². The Morgan fingerprint density at radius 3 is 2.73 bits per heavy atom. The molecule has 2 rings (SSSR count). The van der Waals surface area contributed by atoms with Gasteiger partial charge in [0.2, 0.25) is 11.8 Å². The van der Waals surface area contributed by atoms with Crippen molar-refractivity contribution in [1.29, 1.82) is 0 Å². The van der Waals surface area contributed by atoms with Crippen LogP contribution in [0.2, 0.25) is 0 Å². The maximum Gasteiger partial charge on any atom is 0.274 e. The van der Waals surface area contributed by atoms with Gasteiger partial charge in [0.25, 0.3) is 5.56 Å². The van der Waals surface area contributed by atoms with Gasteiger partial charge in [-0.05, 0) is 44.4 Å². The number of rotatable bonds is 8. The molecule has 2 amide bonds. The van der Waals surface area contributed by atoms with Crippen molar-refractivity contribution in [2.24, 2.45) is 5.73 Å². The van der Waals surface area contributed by atoms with Crippen molar-refractivity contribution in [3.05, 3.63) is 40.3 Å². The Balaban J connectivity index is 2.19. The molecule has 26 heavy (non-hydrogen) atoms. The summed E-state index contributed by atoms with van der Waals surface area (Å²) in [5.41, 5.74) is 6.16. The lowest BCUT2D eigenvalue weighted by molar-refractivity contribution is -0.125. The number of nitrogens with zero attached hydrogens (tertiary/aromatic N) is 1. The normalized spacial score (nSPS) is 16.9.